The first-order chi connectivity index (χ1) is 11.7. The summed E-state index contributed by atoms with van der Waals surface area (Å²) in [5.41, 5.74) is 0.887. The largest absolute Gasteiger partial charge is 0.484 e. The van der Waals surface area contributed by atoms with Gasteiger partial charge in [0.1, 0.15) is 5.75 Å². The molecule has 1 aromatic heterocycles. The van der Waals surface area contributed by atoms with E-state index in [1.54, 1.807) is 12.1 Å². The van der Waals surface area contributed by atoms with Gasteiger partial charge in [-0.25, -0.2) is 4.98 Å². The van der Waals surface area contributed by atoms with Crippen LogP contribution < -0.4 is 10.1 Å². The molecule has 2 aromatic rings. The normalized spacial score (nSPS) is 11.0. The van der Waals surface area contributed by atoms with E-state index in [0.717, 1.165) is 5.56 Å². The zero-order valence-electron chi connectivity index (χ0n) is 14.1. The Balaban J connectivity index is 1.99. The molecule has 0 saturated carbocycles. The van der Waals surface area contributed by atoms with Crippen LogP contribution in [0, 0.1) is 10.1 Å². The molecule has 0 aliphatic carbocycles. The van der Waals surface area contributed by atoms with Gasteiger partial charge in [0, 0.05) is 16.7 Å². The van der Waals surface area contributed by atoms with Crippen molar-refractivity contribution in [2.45, 2.75) is 26.2 Å². The van der Waals surface area contributed by atoms with E-state index in [4.69, 9.17) is 4.74 Å². The van der Waals surface area contributed by atoms with Gasteiger partial charge in [-0.1, -0.05) is 32.9 Å². The maximum Gasteiger partial charge on any atom is 0.312 e. The Hall–Kier alpha value is -2.48. The van der Waals surface area contributed by atoms with Crippen LogP contribution in [0.25, 0.3) is 0 Å². The van der Waals surface area contributed by atoms with Crippen LogP contribution in [0.3, 0.4) is 0 Å². The lowest BCUT2D eigenvalue weighted by molar-refractivity contribution is -0.384. The SMILES string of the molecule is CC(C)(C)c1ccc(OCC(=O)Nc2ncc(Br)cc2[N+](=O)[O-])cc1. The van der Waals surface area contributed by atoms with Crippen molar-refractivity contribution in [2.75, 3.05) is 11.9 Å². The van der Waals surface area contributed by atoms with E-state index in [1.807, 2.05) is 12.1 Å². The van der Waals surface area contributed by atoms with Crippen molar-refractivity contribution in [3.63, 3.8) is 0 Å². The number of anilines is 1. The van der Waals surface area contributed by atoms with Crippen LogP contribution in [0.15, 0.2) is 41.0 Å². The summed E-state index contributed by atoms with van der Waals surface area (Å²) in [5, 5.41) is 13.4. The van der Waals surface area contributed by atoms with Gasteiger partial charge in [0.15, 0.2) is 6.61 Å². The lowest BCUT2D eigenvalue weighted by atomic mass is 9.87. The summed E-state index contributed by atoms with van der Waals surface area (Å²) in [7, 11) is 0. The van der Waals surface area contributed by atoms with Gasteiger partial charge < -0.3 is 10.1 Å². The van der Waals surface area contributed by atoms with Crippen molar-refractivity contribution in [1.29, 1.82) is 0 Å². The number of halogens is 1. The number of nitrogens with zero attached hydrogens (tertiary/aromatic N) is 2. The molecule has 1 aromatic carbocycles. The van der Waals surface area contributed by atoms with Crippen LogP contribution in [0.4, 0.5) is 11.5 Å². The standard InChI is InChI=1S/C17H18BrN3O4/c1-17(2,3)11-4-6-13(7-5-11)25-10-15(22)20-16-14(21(23)24)8-12(18)9-19-16/h4-9H,10H2,1-3H3,(H,19,20,22). The minimum absolute atomic E-state index is 0.0299. The van der Waals surface area contributed by atoms with E-state index in [9.17, 15) is 14.9 Å². The molecule has 0 saturated heterocycles. The molecular weight excluding hydrogens is 390 g/mol. The van der Waals surface area contributed by atoms with E-state index >= 15 is 0 Å². The predicted octanol–water partition coefficient (Wildman–Crippen LogP) is 4.07. The molecular formula is C17H18BrN3O4. The first-order valence-corrected chi connectivity index (χ1v) is 8.29. The lowest BCUT2D eigenvalue weighted by Crippen LogP contribution is -2.21. The Kier molecular flexibility index (Phi) is 5.73. The van der Waals surface area contributed by atoms with Crippen LogP contribution in [-0.2, 0) is 10.2 Å². The maximum atomic E-state index is 12.0. The second-order valence-electron chi connectivity index (χ2n) is 6.39. The molecule has 0 aliphatic rings. The number of amides is 1. The number of nitrogens with one attached hydrogen (secondary N) is 1. The summed E-state index contributed by atoms with van der Waals surface area (Å²) >= 11 is 3.11. The molecule has 1 heterocycles. The van der Waals surface area contributed by atoms with E-state index in [2.05, 4.69) is 47.0 Å². The third-order valence-electron chi connectivity index (χ3n) is 3.38. The van der Waals surface area contributed by atoms with Crippen LogP contribution in [0.1, 0.15) is 26.3 Å². The highest BCUT2D eigenvalue weighted by Gasteiger charge is 2.18. The zero-order valence-corrected chi connectivity index (χ0v) is 15.7. The van der Waals surface area contributed by atoms with Crippen LogP contribution in [0.2, 0.25) is 0 Å². The van der Waals surface area contributed by atoms with Crippen molar-refractivity contribution in [3.8, 4) is 5.75 Å². The molecule has 0 aliphatic heterocycles. The van der Waals surface area contributed by atoms with Gasteiger partial charge in [-0.05, 0) is 39.0 Å². The maximum absolute atomic E-state index is 12.0. The van der Waals surface area contributed by atoms with E-state index in [-0.39, 0.29) is 23.5 Å². The van der Waals surface area contributed by atoms with Gasteiger partial charge in [-0.2, -0.15) is 0 Å². The Bertz CT molecular complexity index is 785. The Morgan fingerprint density at radius 1 is 1.32 bits per heavy atom. The number of carbonyl (C=O) groups is 1. The molecule has 0 atom stereocenters. The highest BCUT2D eigenvalue weighted by Crippen LogP contribution is 2.26. The molecule has 2 rings (SSSR count). The summed E-state index contributed by atoms with van der Waals surface area (Å²) in [6, 6.07) is 8.72. The minimum atomic E-state index is -0.612. The number of nitro groups is 1. The van der Waals surface area contributed by atoms with Gasteiger partial charge in [0.2, 0.25) is 5.82 Å². The van der Waals surface area contributed by atoms with Gasteiger partial charge in [0.05, 0.1) is 4.92 Å². The molecule has 7 nitrogen and oxygen atoms in total. The van der Waals surface area contributed by atoms with Gasteiger partial charge in [-0.3, -0.25) is 14.9 Å². The second kappa shape index (κ2) is 7.60. The average Bonchev–Trinajstić information content (AvgIpc) is 2.54. The average molecular weight is 408 g/mol. The number of hydrogen-bond acceptors (Lipinski definition) is 5. The Morgan fingerprint density at radius 3 is 2.52 bits per heavy atom. The fraction of sp³-hybridized carbons (Fsp3) is 0.294. The zero-order chi connectivity index (χ0) is 18.6. The Labute approximate surface area is 153 Å². The molecule has 0 bridgehead atoms. The smallest absolute Gasteiger partial charge is 0.312 e. The van der Waals surface area contributed by atoms with Crippen molar-refractivity contribution in [3.05, 3.63) is 56.7 Å². The molecule has 25 heavy (non-hydrogen) atoms. The van der Waals surface area contributed by atoms with Gasteiger partial charge >= 0.3 is 5.69 Å². The van der Waals surface area contributed by atoms with Crippen LogP contribution in [0.5, 0.6) is 5.75 Å². The summed E-state index contributed by atoms with van der Waals surface area (Å²) < 4.78 is 5.86. The fourth-order valence-corrected chi connectivity index (χ4v) is 2.35. The number of aromatic nitrogens is 1. The quantitative estimate of drug-likeness (QED) is 0.595. The first-order valence-electron chi connectivity index (χ1n) is 7.50. The number of rotatable bonds is 5. The van der Waals surface area contributed by atoms with Gasteiger partial charge in [-0.15, -0.1) is 0 Å². The topological polar surface area (TPSA) is 94.4 Å². The molecule has 1 N–H and O–H groups in total. The Morgan fingerprint density at radius 2 is 1.96 bits per heavy atom. The molecule has 1 amide bonds. The molecule has 0 unspecified atom stereocenters. The van der Waals surface area contributed by atoms with Crippen LogP contribution in [-0.4, -0.2) is 22.4 Å². The van der Waals surface area contributed by atoms with Crippen molar-refractivity contribution in [1.82, 2.24) is 4.98 Å². The molecule has 132 valence electrons. The minimum Gasteiger partial charge on any atom is -0.484 e. The third-order valence-corrected chi connectivity index (χ3v) is 3.81. The van der Waals surface area contributed by atoms with E-state index < -0.39 is 10.8 Å². The summed E-state index contributed by atoms with van der Waals surface area (Å²) in [6.45, 7) is 6.04. The van der Waals surface area contributed by atoms with Crippen LogP contribution >= 0.6 is 15.9 Å². The van der Waals surface area contributed by atoms with Crippen molar-refractivity contribution < 1.29 is 14.5 Å². The predicted molar refractivity (Wildman–Crippen MR) is 97.9 cm³/mol. The summed E-state index contributed by atoms with van der Waals surface area (Å²) in [6.07, 6.45) is 1.37. The summed E-state index contributed by atoms with van der Waals surface area (Å²) in [5.74, 6) is -0.107. The van der Waals surface area contributed by atoms with Crippen molar-refractivity contribution in [2.24, 2.45) is 0 Å². The number of ether oxygens (including phenoxy) is 1. The fourth-order valence-electron chi connectivity index (χ4n) is 2.03. The number of benzene rings is 1. The van der Waals surface area contributed by atoms with E-state index in [1.165, 1.54) is 12.3 Å². The highest BCUT2D eigenvalue weighted by atomic mass is 79.9. The number of carbonyl (C=O) groups excluding carboxylic acids is 1. The third kappa shape index (κ3) is 5.25. The van der Waals surface area contributed by atoms with E-state index in [0.29, 0.717) is 10.2 Å². The lowest BCUT2D eigenvalue weighted by Gasteiger charge is -2.19. The summed E-state index contributed by atoms with van der Waals surface area (Å²) in [4.78, 5) is 26.2. The van der Waals surface area contributed by atoms with Crippen molar-refractivity contribution >= 4 is 33.3 Å². The second-order valence-corrected chi connectivity index (χ2v) is 7.31. The molecule has 0 spiro atoms. The molecule has 8 heteroatoms. The molecule has 0 radical (unpaired) electrons. The monoisotopic (exact) mass is 407 g/mol. The number of hydrogen-bond donors (Lipinski definition) is 1. The first kappa shape index (κ1) is 18.9. The molecule has 0 fully saturated rings. The van der Waals surface area contributed by atoms with Gasteiger partial charge in [0.25, 0.3) is 5.91 Å². The number of pyridine rings is 1. The highest BCUT2D eigenvalue weighted by molar-refractivity contribution is 9.10.